The van der Waals surface area contributed by atoms with E-state index in [0.29, 0.717) is 0 Å². The van der Waals surface area contributed by atoms with Gasteiger partial charge in [-0.25, -0.2) is 22.4 Å². The first-order valence-electron chi connectivity index (χ1n) is 8.37. The quantitative estimate of drug-likeness (QED) is 0.320. The number of hydrogen-bond donors (Lipinski definition) is 0. The Labute approximate surface area is 154 Å². The van der Waals surface area contributed by atoms with E-state index in [4.69, 9.17) is 9.47 Å². The minimum Gasteiger partial charge on any atom is -0.463 e. The Balaban J connectivity index is 2.08. The van der Waals surface area contributed by atoms with Crippen LogP contribution in [0.2, 0.25) is 0 Å². The fourth-order valence-corrected chi connectivity index (χ4v) is 3.01. The van der Waals surface area contributed by atoms with Crippen molar-refractivity contribution in [3.05, 3.63) is 46.5 Å². The van der Waals surface area contributed by atoms with Crippen molar-refractivity contribution in [3.63, 3.8) is 0 Å². The maximum Gasteiger partial charge on any atom is 0.330 e. The van der Waals surface area contributed by atoms with E-state index in [2.05, 4.69) is 0 Å². The molecule has 0 amide bonds. The number of hydrogen-bond acceptors (Lipinski definition) is 4. The van der Waals surface area contributed by atoms with Gasteiger partial charge in [-0.05, 0) is 25.2 Å². The maximum atomic E-state index is 13.8. The van der Waals surface area contributed by atoms with Gasteiger partial charge in [0.25, 0.3) is 0 Å². The van der Waals surface area contributed by atoms with Crippen molar-refractivity contribution in [3.8, 4) is 0 Å². The molecule has 4 nitrogen and oxygen atoms in total. The summed E-state index contributed by atoms with van der Waals surface area (Å²) in [7, 11) is 0. The van der Waals surface area contributed by atoms with Gasteiger partial charge in [-0.3, -0.25) is 4.79 Å². The van der Waals surface area contributed by atoms with Gasteiger partial charge in [0.15, 0.2) is 23.3 Å². The Morgan fingerprint density at radius 1 is 1.04 bits per heavy atom. The molecule has 2 unspecified atom stereocenters. The van der Waals surface area contributed by atoms with E-state index in [1.165, 1.54) is 12.2 Å². The summed E-state index contributed by atoms with van der Waals surface area (Å²) in [6.45, 7) is 5.34. The monoisotopic (exact) mass is 388 g/mol. The highest BCUT2D eigenvalue weighted by molar-refractivity contribution is 5.83. The summed E-state index contributed by atoms with van der Waals surface area (Å²) in [6, 6.07) is 0. The molecule has 1 aromatic carbocycles. The number of carbonyl (C=O) groups excluding carboxylic acids is 2. The van der Waals surface area contributed by atoms with Crippen LogP contribution in [0.15, 0.2) is 12.2 Å². The lowest BCUT2D eigenvalue weighted by atomic mass is 10.1. The molecule has 0 heterocycles. The van der Waals surface area contributed by atoms with Crippen LogP contribution < -0.4 is 0 Å². The predicted molar refractivity (Wildman–Crippen MR) is 87.3 cm³/mol. The first-order chi connectivity index (χ1) is 12.5. The fraction of sp³-hybridized carbons (Fsp3) is 0.474. The smallest absolute Gasteiger partial charge is 0.330 e. The normalized spacial score (nSPS) is 20.6. The van der Waals surface area contributed by atoms with Crippen molar-refractivity contribution < 1.29 is 36.6 Å². The standard InChI is InChI=1S/C19H20F4O4/c1-5-26-12(24)7-6-11-13(19(11,3)4)18(25)27-8-10-16(22)14(20)9(2)15(21)17(10)23/h6-7,11,13H,5,8H2,1-4H3. The van der Waals surface area contributed by atoms with Gasteiger partial charge < -0.3 is 9.47 Å². The third-order valence-corrected chi connectivity index (χ3v) is 4.82. The Bertz CT molecular complexity index is 772. The Kier molecular flexibility index (Phi) is 5.97. The van der Waals surface area contributed by atoms with Crippen LogP contribution in [0, 0.1) is 47.4 Å². The van der Waals surface area contributed by atoms with Crippen LogP contribution in [-0.2, 0) is 25.7 Å². The first-order valence-corrected chi connectivity index (χ1v) is 8.37. The molecule has 0 saturated heterocycles. The number of allylic oxidation sites excluding steroid dienone is 1. The molecule has 0 bridgehead atoms. The van der Waals surface area contributed by atoms with Gasteiger partial charge in [0, 0.05) is 11.6 Å². The zero-order chi connectivity index (χ0) is 20.5. The summed E-state index contributed by atoms with van der Waals surface area (Å²) in [4.78, 5) is 23.6. The van der Waals surface area contributed by atoms with Crippen molar-refractivity contribution in [1.29, 1.82) is 0 Å². The van der Waals surface area contributed by atoms with Crippen LogP contribution in [-0.4, -0.2) is 18.5 Å². The number of ether oxygens (including phenoxy) is 2. The largest absolute Gasteiger partial charge is 0.463 e. The van der Waals surface area contributed by atoms with Gasteiger partial charge in [-0.1, -0.05) is 19.9 Å². The fourth-order valence-electron chi connectivity index (χ4n) is 3.01. The molecular formula is C19H20F4O4. The number of esters is 2. The average Bonchev–Trinajstić information content (AvgIpc) is 3.17. The topological polar surface area (TPSA) is 52.6 Å². The zero-order valence-corrected chi connectivity index (χ0v) is 15.4. The lowest BCUT2D eigenvalue weighted by Crippen LogP contribution is -2.14. The summed E-state index contributed by atoms with van der Waals surface area (Å²) >= 11 is 0. The average molecular weight is 388 g/mol. The molecule has 0 aliphatic heterocycles. The lowest BCUT2D eigenvalue weighted by Gasteiger charge is -2.10. The van der Waals surface area contributed by atoms with Crippen LogP contribution in [0.1, 0.15) is 31.9 Å². The highest BCUT2D eigenvalue weighted by Gasteiger charge is 2.61. The molecular weight excluding hydrogens is 368 g/mol. The van der Waals surface area contributed by atoms with Crippen LogP contribution in [0.4, 0.5) is 17.6 Å². The molecule has 148 valence electrons. The van der Waals surface area contributed by atoms with Gasteiger partial charge in [0.1, 0.15) is 6.61 Å². The van der Waals surface area contributed by atoms with Gasteiger partial charge in [-0.15, -0.1) is 0 Å². The minimum atomic E-state index is -1.59. The molecule has 27 heavy (non-hydrogen) atoms. The molecule has 0 aromatic heterocycles. The maximum absolute atomic E-state index is 13.8. The molecule has 1 aliphatic carbocycles. The van der Waals surface area contributed by atoms with E-state index in [1.54, 1.807) is 20.8 Å². The SMILES string of the molecule is CCOC(=O)C=CC1C(C(=O)OCc2c(F)c(F)c(C)c(F)c2F)C1(C)C. The van der Waals surface area contributed by atoms with Gasteiger partial charge in [0.05, 0.1) is 18.1 Å². The first kappa shape index (κ1) is 20.9. The van der Waals surface area contributed by atoms with Crippen LogP contribution in [0.3, 0.4) is 0 Å². The summed E-state index contributed by atoms with van der Waals surface area (Å²) in [5, 5.41) is 0. The molecule has 0 spiro atoms. The molecule has 1 fully saturated rings. The third-order valence-electron chi connectivity index (χ3n) is 4.82. The Morgan fingerprint density at radius 3 is 2.11 bits per heavy atom. The zero-order valence-electron chi connectivity index (χ0n) is 15.4. The van der Waals surface area contributed by atoms with Crippen LogP contribution >= 0.6 is 0 Å². The number of halogens is 4. The van der Waals surface area contributed by atoms with Gasteiger partial charge >= 0.3 is 11.9 Å². The van der Waals surface area contributed by atoms with Crippen LogP contribution in [0.25, 0.3) is 0 Å². The van der Waals surface area contributed by atoms with Crippen molar-refractivity contribution in [2.75, 3.05) is 6.61 Å². The second-order valence-corrected chi connectivity index (χ2v) is 6.90. The number of benzene rings is 1. The lowest BCUT2D eigenvalue weighted by molar-refractivity contribution is -0.147. The van der Waals surface area contributed by atoms with E-state index in [-0.39, 0.29) is 12.5 Å². The second-order valence-electron chi connectivity index (χ2n) is 6.90. The second kappa shape index (κ2) is 7.70. The summed E-state index contributed by atoms with van der Waals surface area (Å²) < 4.78 is 64.5. The van der Waals surface area contributed by atoms with E-state index < -0.39 is 64.3 Å². The molecule has 1 aliphatic rings. The molecule has 2 atom stereocenters. The van der Waals surface area contributed by atoms with E-state index in [9.17, 15) is 27.2 Å². The molecule has 1 saturated carbocycles. The number of carbonyl (C=O) groups is 2. The van der Waals surface area contributed by atoms with Crippen molar-refractivity contribution >= 4 is 11.9 Å². The summed E-state index contributed by atoms with van der Waals surface area (Å²) in [6.07, 6.45) is 2.71. The Morgan fingerprint density at radius 2 is 1.59 bits per heavy atom. The molecule has 1 aromatic rings. The summed E-state index contributed by atoms with van der Waals surface area (Å²) in [5.41, 5.74) is -2.31. The van der Waals surface area contributed by atoms with E-state index in [0.717, 1.165) is 6.92 Å². The number of rotatable bonds is 6. The van der Waals surface area contributed by atoms with Crippen molar-refractivity contribution in [2.24, 2.45) is 17.3 Å². The van der Waals surface area contributed by atoms with Gasteiger partial charge in [-0.2, -0.15) is 0 Å². The Hall–Kier alpha value is -2.38. The van der Waals surface area contributed by atoms with Crippen LogP contribution in [0.5, 0.6) is 0 Å². The third kappa shape index (κ3) is 3.99. The van der Waals surface area contributed by atoms with Crippen molar-refractivity contribution in [2.45, 2.75) is 34.3 Å². The van der Waals surface area contributed by atoms with Gasteiger partial charge in [0.2, 0.25) is 0 Å². The highest BCUT2D eigenvalue weighted by atomic mass is 19.2. The van der Waals surface area contributed by atoms with Crippen molar-refractivity contribution in [1.82, 2.24) is 0 Å². The van der Waals surface area contributed by atoms with E-state index in [1.807, 2.05) is 0 Å². The molecule has 0 radical (unpaired) electrons. The molecule has 8 heteroatoms. The summed E-state index contributed by atoms with van der Waals surface area (Å²) in [5.74, 6) is -8.56. The molecule has 0 N–H and O–H groups in total. The minimum absolute atomic E-state index is 0.212. The highest BCUT2D eigenvalue weighted by Crippen LogP contribution is 2.59. The van der Waals surface area contributed by atoms with E-state index >= 15 is 0 Å². The molecule has 2 rings (SSSR count). The predicted octanol–water partition coefficient (Wildman–Crippen LogP) is 3.99.